The maximum Gasteiger partial charge on any atom is 0.191 e. The lowest BCUT2D eigenvalue weighted by Gasteiger charge is -2.44. The van der Waals surface area contributed by atoms with Crippen molar-refractivity contribution in [1.82, 2.24) is 0 Å². The van der Waals surface area contributed by atoms with E-state index >= 15 is 0 Å². The van der Waals surface area contributed by atoms with Crippen LogP contribution in [0.25, 0.3) is 0 Å². The quantitative estimate of drug-likeness (QED) is 0.499. The molecule has 0 amide bonds. The highest BCUT2D eigenvalue weighted by molar-refractivity contribution is 6.74. The van der Waals surface area contributed by atoms with Gasteiger partial charge in [0.1, 0.15) is 0 Å². The van der Waals surface area contributed by atoms with Crippen molar-refractivity contribution in [2.75, 3.05) is 6.61 Å². The van der Waals surface area contributed by atoms with Crippen LogP contribution in [0.1, 0.15) is 54.4 Å². The number of hydrogen-bond donors (Lipinski definition) is 0. The van der Waals surface area contributed by atoms with Crippen LogP contribution in [0, 0.1) is 5.92 Å². The Morgan fingerprint density at radius 1 is 1.32 bits per heavy atom. The van der Waals surface area contributed by atoms with Crippen molar-refractivity contribution in [3.63, 3.8) is 0 Å². The third kappa shape index (κ3) is 5.48. The highest BCUT2D eigenvalue weighted by Gasteiger charge is 2.40. The predicted octanol–water partition coefficient (Wildman–Crippen LogP) is 5.13. The van der Waals surface area contributed by atoms with Crippen LogP contribution >= 0.6 is 0 Å². The summed E-state index contributed by atoms with van der Waals surface area (Å²) in [6.07, 6.45) is 4.09. The van der Waals surface area contributed by atoms with Crippen molar-refractivity contribution in [1.29, 1.82) is 0 Å². The van der Waals surface area contributed by atoms with Gasteiger partial charge in [-0.25, -0.2) is 0 Å². The zero-order valence-corrected chi connectivity index (χ0v) is 16.9. The zero-order chi connectivity index (χ0) is 17.2. The summed E-state index contributed by atoms with van der Waals surface area (Å²) < 4.78 is 18.5. The fraction of sp³-hybridized carbons (Fsp3) is 0.889. The Morgan fingerprint density at radius 2 is 1.91 bits per heavy atom. The van der Waals surface area contributed by atoms with E-state index in [4.69, 9.17) is 13.9 Å². The molecule has 1 aliphatic rings. The molecule has 0 aromatic carbocycles. The van der Waals surface area contributed by atoms with Crippen molar-refractivity contribution in [2.45, 2.75) is 90.5 Å². The Kier molecular flexibility index (Phi) is 6.47. The molecule has 1 saturated heterocycles. The van der Waals surface area contributed by atoms with Crippen LogP contribution in [-0.4, -0.2) is 32.9 Å². The van der Waals surface area contributed by atoms with Gasteiger partial charge in [-0.1, -0.05) is 33.8 Å². The molecule has 1 heterocycles. The second-order valence-electron chi connectivity index (χ2n) is 8.60. The maximum absolute atomic E-state index is 6.37. The molecule has 22 heavy (non-hydrogen) atoms. The molecule has 3 nitrogen and oxygen atoms in total. The van der Waals surface area contributed by atoms with E-state index in [9.17, 15) is 0 Å². The van der Waals surface area contributed by atoms with E-state index < -0.39 is 14.1 Å². The second-order valence-corrected chi connectivity index (χ2v) is 13.4. The molecule has 0 bridgehead atoms. The summed E-state index contributed by atoms with van der Waals surface area (Å²) in [6, 6.07) is 0. The molecule has 0 unspecified atom stereocenters. The second kappa shape index (κ2) is 7.16. The van der Waals surface area contributed by atoms with E-state index in [2.05, 4.69) is 47.4 Å². The molecule has 0 radical (unpaired) electrons. The summed E-state index contributed by atoms with van der Waals surface area (Å²) >= 11 is 0. The summed E-state index contributed by atoms with van der Waals surface area (Å²) in [7, 11) is -1.70. The average Bonchev–Trinajstić information content (AvgIpc) is 2.33. The van der Waals surface area contributed by atoms with E-state index in [-0.39, 0.29) is 17.2 Å². The van der Waals surface area contributed by atoms with Gasteiger partial charge in [-0.2, -0.15) is 0 Å². The molecular weight excluding hydrogens is 292 g/mol. The van der Waals surface area contributed by atoms with E-state index in [0.29, 0.717) is 5.92 Å². The first kappa shape index (κ1) is 19.9. The van der Waals surface area contributed by atoms with Crippen molar-refractivity contribution in [3.8, 4) is 0 Å². The minimum absolute atomic E-state index is 0.179. The van der Waals surface area contributed by atoms with Crippen LogP contribution in [0.3, 0.4) is 0 Å². The molecule has 130 valence electrons. The smallest absolute Gasteiger partial charge is 0.191 e. The van der Waals surface area contributed by atoms with Crippen LogP contribution in [0.15, 0.2) is 12.7 Å². The monoisotopic (exact) mass is 328 g/mol. The first-order valence-corrected chi connectivity index (χ1v) is 11.4. The lowest BCUT2D eigenvalue weighted by Crippen LogP contribution is -2.48. The van der Waals surface area contributed by atoms with Crippen LogP contribution in [0.5, 0.6) is 0 Å². The molecule has 0 aromatic rings. The van der Waals surface area contributed by atoms with Crippen molar-refractivity contribution in [2.24, 2.45) is 5.92 Å². The average molecular weight is 329 g/mol. The van der Waals surface area contributed by atoms with Gasteiger partial charge in [0.05, 0.1) is 12.2 Å². The van der Waals surface area contributed by atoms with Gasteiger partial charge in [0.15, 0.2) is 14.1 Å². The Bertz CT molecular complexity index is 371. The van der Waals surface area contributed by atoms with E-state index in [0.717, 1.165) is 19.4 Å². The van der Waals surface area contributed by atoms with Crippen LogP contribution in [-0.2, 0) is 13.9 Å². The summed E-state index contributed by atoms with van der Waals surface area (Å²) in [5, 5.41) is 0.244. The molecule has 0 spiro atoms. The number of rotatable bonds is 6. The molecule has 1 rings (SSSR count). The first-order valence-electron chi connectivity index (χ1n) is 8.48. The Morgan fingerprint density at radius 3 is 2.41 bits per heavy atom. The molecule has 0 N–H and O–H groups in total. The molecule has 0 aromatic heterocycles. The van der Waals surface area contributed by atoms with Gasteiger partial charge in [0, 0.05) is 18.9 Å². The third-order valence-electron chi connectivity index (χ3n) is 4.96. The minimum Gasteiger partial charge on any atom is -0.416 e. The van der Waals surface area contributed by atoms with Crippen molar-refractivity contribution in [3.05, 3.63) is 12.7 Å². The van der Waals surface area contributed by atoms with Gasteiger partial charge >= 0.3 is 0 Å². The molecule has 1 fully saturated rings. The van der Waals surface area contributed by atoms with Crippen molar-refractivity contribution >= 4 is 8.32 Å². The molecule has 1 aliphatic heterocycles. The van der Waals surface area contributed by atoms with Gasteiger partial charge in [0.25, 0.3) is 0 Å². The van der Waals surface area contributed by atoms with Crippen LogP contribution < -0.4 is 0 Å². The van der Waals surface area contributed by atoms with Crippen LogP contribution in [0.4, 0.5) is 0 Å². The SMILES string of the molecule is C=CC[C@H]1C[C@@H]([C@H](C)CO[Si](C)(C)C(C)(C)C)OC(C)(C)O1. The van der Waals surface area contributed by atoms with Crippen LogP contribution in [0.2, 0.25) is 18.1 Å². The highest BCUT2D eigenvalue weighted by Crippen LogP contribution is 2.38. The number of ether oxygens (including phenoxy) is 2. The van der Waals surface area contributed by atoms with E-state index in [1.165, 1.54) is 0 Å². The zero-order valence-electron chi connectivity index (χ0n) is 15.9. The lowest BCUT2D eigenvalue weighted by atomic mass is 9.96. The fourth-order valence-corrected chi connectivity index (χ4v) is 3.60. The topological polar surface area (TPSA) is 27.7 Å². The number of hydrogen-bond acceptors (Lipinski definition) is 3. The predicted molar refractivity (Wildman–Crippen MR) is 95.6 cm³/mol. The molecular formula is C18H36O3Si. The summed E-state index contributed by atoms with van der Waals surface area (Å²) in [5.41, 5.74) is 0. The summed E-state index contributed by atoms with van der Waals surface area (Å²) in [4.78, 5) is 0. The minimum atomic E-state index is -1.70. The molecule has 4 heteroatoms. The van der Waals surface area contributed by atoms with Gasteiger partial charge in [0.2, 0.25) is 0 Å². The molecule has 0 aliphatic carbocycles. The Hall–Kier alpha value is -0.163. The van der Waals surface area contributed by atoms with Gasteiger partial charge in [-0.3, -0.25) is 0 Å². The summed E-state index contributed by atoms with van der Waals surface area (Å²) in [6.45, 7) is 22.2. The summed E-state index contributed by atoms with van der Waals surface area (Å²) in [5.74, 6) is -0.161. The third-order valence-corrected chi connectivity index (χ3v) is 9.46. The first-order chi connectivity index (χ1) is 9.88. The largest absolute Gasteiger partial charge is 0.416 e. The van der Waals surface area contributed by atoms with E-state index in [1.54, 1.807) is 0 Å². The lowest BCUT2D eigenvalue weighted by molar-refractivity contribution is -0.307. The normalized spacial score (nSPS) is 27.5. The van der Waals surface area contributed by atoms with Gasteiger partial charge < -0.3 is 13.9 Å². The molecule has 3 atom stereocenters. The standard InChI is InChI=1S/C18H36O3Si/c1-10-11-15-12-16(21-18(6,7)20-15)14(2)13-19-22(8,9)17(3,4)5/h10,14-16H,1,11-13H2,2-9H3/t14-,15+,16+/m1/s1. The maximum atomic E-state index is 6.37. The molecule has 0 saturated carbocycles. The van der Waals surface area contributed by atoms with Gasteiger partial charge in [-0.05, 0) is 38.4 Å². The van der Waals surface area contributed by atoms with Gasteiger partial charge in [-0.15, -0.1) is 6.58 Å². The van der Waals surface area contributed by atoms with E-state index in [1.807, 2.05) is 19.9 Å². The fourth-order valence-electron chi connectivity index (χ4n) is 2.49. The van der Waals surface area contributed by atoms with Crippen molar-refractivity contribution < 1.29 is 13.9 Å². The highest BCUT2D eigenvalue weighted by atomic mass is 28.4. The Balaban J connectivity index is 2.64. The Labute approximate surface area is 138 Å².